The summed E-state index contributed by atoms with van der Waals surface area (Å²) in [6, 6.07) is 13.0. The van der Waals surface area contributed by atoms with Gasteiger partial charge in [-0.25, -0.2) is 23.5 Å². The summed E-state index contributed by atoms with van der Waals surface area (Å²) in [4.78, 5) is 13.9. The van der Waals surface area contributed by atoms with Crippen molar-refractivity contribution in [1.82, 2.24) is 19.8 Å². The highest BCUT2D eigenvalue weighted by atomic mass is 32.2. The van der Waals surface area contributed by atoms with E-state index in [0.29, 0.717) is 17.7 Å². The van der Waals surface area contributed by atoms with Gasteiger partial charge in [-0.3, -0.25) is 4.90 Å². The molecule has 0 aliphatic carbocycles. The molecule has 2 aromatic carbocycles. The lowest BCUT2D eigenvalue weighted by molar-refractivity contribution is 0.265. The highest BCUT2D eigenvalue weighted by Crippen LogP contribution is 2.23. The zero-order valence-electron chi connectivity index (χ0n) is 17.1. The number of likely N-dealkylation sites (tertiary alicyclic amines) is 1. The highest BCUT2D eigenvalue weighted by Gasteiger charge is 2.24. The second-order valence-electron chi connectivity index (χ2n) is 7.88. The van der Waals surface area contributed by atoms with Gasteiger partial charge in [-0.1, -0.05) is 18.2 Å². The van der Waals surface area contributed by atoms with Gasteiger partial charge >= 0.3 is 0 Å². The van der Waals surface area contributed by atoms with Crippen LogP contribution in [0.2, 0.25) is 0 Å². The maximum Gasteiger partial charge on any atom is 0.238 e. The number of aromatic nitrogens is 2. The van der Waals surface area contributed by atoms with Crippen LogP contribution >= 0.6 is 0 Å². The predicted molar refractivity (Wildman–Crippen MR) is 118 cm³/mol. The van der Waals surface area contributed by atoms with Gasteiger partial charge in [-0.15, -0.1) is 0 Å². The number of likely N-dealkylation sites (N-methyl/N-ethyl adjacent to an activating group) is 1. The van der Waals surface area contributed by atoms with E-state index in [9.17, 15) is 8.42 Å². The Morgan fingerprint density at radius 2 is 1.97 bits per heavy atom. The lowest BCUT2D eigenvalue weighted by atomic mass is 10.1. The largest absolute Gasteiger partial charge is 0.324 e. The van der Waals surface area contributed by atoms with Crippen LogP contribution in [0.15, 0.2) is 53.6 Å². The molecule has 1 saturated heterocycles. The number of primary sulfonamides is 1. The zero-order chi connectivity index (χ0) is 21.3. The number of nitrogens with one attached hydrogen (secondary N) is 1. The van der Waals surface area contributed by atoms with Gasteiger partial charge in [-0.05, 0) is 50.3 Å². The zero-order valence-corrected chi connectivity index (χ0v) is 17.9. The fourth-order valence-corrected chi connectivity index (χ4v) is 4.30. The first-order valence-electron chi connectivity index (χ1n) is 9.83. The maximum absolute atomic E-state index is 11.4. The van der Waals surface area contributed by atoms with E-state index in [1.165, 1.54) is 24.1 Å². The van der Waals surface area contributed by atoms with E-state index in [1.54, 1.807) is 18.3 Å². The highest BCUT2D eigenvalue weighted by molar-refractivity contribution is 7.89. The van der Waals surface area contributed by atoms with Gasteiger partial charge in [0, 0.05) is 42.9 Å². The number of benzene rings is 2. The van der Waals surface area contributed by atoms with Crippen LogP contribution in [0.3, 0.4) is 0 Å². The minimum absolute atomic E-state index is 0.0661. The van der Waals surface area contributed by atoms with E-state index in [2.05, 4.69) is 40.3 Å². The predicted octanol–water partition coefficient (Wildman–Crippen LogP) is 2.16. The van der Waals surface area contributed by atoms with Crippen LogP contribution in [0.5, 0.6) is 0 Å². The third kappa shape index (κ3) is 4.59. The monoisotopic (exact) mass is 426 g/mol. The lowest BCUT2D eigenvalue weighted by Gasteiger charge is -2.20. The number of hydrogen-bond donors (Lipinski definition) is 2. The van der Waals surface area contributed by atoms with Crippen LogP contribution in [0, 0.1) is 0 Å². The lowest BCUT2D eigenvalue weighted by Crippen LogP contribution is -2.31. The van der Waals surface area contributed by atoms with Crippen LogP contribution in [0.4, 0.5) is 11.6 Å². The summed E-state index contributed by atoms with van der Waals surface area (Å²) in [5.41, 5.74) is 2.78. The van der Waals surface area contributed by atoms with E-state index < -0.39 is 10.0 Å². The summed E-state index contributed by atoms with van der Waals surface area (Å²) in [6.45, 7) is 2.98. The minimum atomic E-state index is -3.71. The van der Waals surface area contributed by atoms with Crippen molar-refractivity contribution in [1.29, 1.82) is 0 Å². The average Bonchev–Trinajstić information content (AvgIpc) is 3.17. The minimum Gasteiger partial charge on any atom is -0.324 e. The molecule has 0 radical (unpaired) electrons. The molecule has 3 N–H and O–H groups in total. The Balaban J connectivity index is 1.55. The molecule has 0 bridgehead atoms. The second-order valence-corrected chi connectivity index (χ2v) is 9.45. The number of sulfonamides is 1. The molecule has 8 nitrogen and oxygen atoms in total. The average molecular weight is 427 g/mol. The van der Waals surface area contributed by atoms with Gasteiger partial charge in [0.25, 0.3) is 0 Å². The molecule has 0 saturated carbocycles. The molecule has 9 heteroatoms. The molecular weight excluding hydrogens is 400 g/mol. The molecule has 1 aliphatic heterocycles. The first kappa shape index (κ1) is 20.7. The fraction of sp³-hybridized carbons (Fsp3) is 0.333. The van der Waals surface area contributed by atoms with Crippen molar-refractivity contribution in [3.05, 3.63) is 54.2 Å². The second kappa shape index (κ2) is 8.27. The van der Waals surface area contributed by atoms with Crippen LogP contribution < -0.4 is 10.5 Å². The van der Waals surface area contributed by atoms with E-state index in [4.69, 9.17) is 10.1 Å². The Bertz CT molecular complexity index is 1150. The summed E-state index contributed by atoms with van der Waals surface area (Å²) in [6.07, 6.45) is 2.98. The fourth-order valence-electron chi connectivity index (χ4n) is 3.78. The van der Waals surface area contributed by atoms with Gasteiger partial charge in [-0.2, -0.15) is 0 Å². The standard InChI is InChI=1S/C21H26N6O2S/c1-26(2)18-10-11-27(14-18)13-16-5-3-4-15-12-23-21(25-20(15)16)24-17-6-8-19(9-7-17)30(22,28)29/h3-9,12,18H,10-11,13-14H2,1-2H3,(H2,22,28,29)(H,23,24,25). The molecule has 30 heavy (non-hydrogen) atoms. The molecular formula is C21H26N6O2S. The number of rotatable bonds is 6. The SMILES string of the molecule is CN(C)C1CCN(Cc2cccc3cnc(Nc4ccc(S(N)(=O)=O)cc4)nc23)C1. The molecule has 1 unspecified atom stereocenters. The summed E-state index contributed by atoms with van der Waals surface area (Å²) >= 11 is 0. The third-order valence-corrected chi connectivity index (χ3v) is 6.43. The van der Waals surface area contributed by atoms with Crippen LogP contribution in [0.25, 0.3) is 10.9 Å². The Hall–Kier alpha value is -2.59. The number of para-hydroxylation sites is 1. The first-order valence-corrected chi connectivity index (χ1v) is 11.4. The van der Waals surface area contributed by atoms with Crippen molar-refractivity contribution in [3.8, 4) is 0 Å². The van der Waals surface area contributed by atoms with Crippen molar-refractivity contribution in [2.24, 2.45) is 5.14 Å². The Labute approximate surface area is 176 Å². The summed E-state index contributed by atoms with van der Waals surface area (Å²) in [5.74, 6) is 0.464. The Kier molecular flexibility index (Phi) is 5.70. The number of nitrogens with two attached hydrogens (primary N) is 1. The molecule has 1 aromatic heterocycles. The molecule has 158 valence electrons. The molecule has 1 atom stereocenters. The Morgan fingerprint density at radius 3 is 2.63 bits per heavy atom. The van der Waals surface area contributed by atoms with Crippen molar-refractivity contribution in [3.63, 3.8) is 0 Å². The summed E-state index contributed by atoms with van der Waals surface area (Å²) in [5, 5.41) is 9.28. The number of nitrogens with zero attached hydrogens (tertiary/aromatic N) is 4. The summed E-state index contributed by atoms with van der Waals surface area (Å²) < 4.78 is 22.8. The van der Waals surface area contributed by atoms with Crippen molar-refractivity contribution >= 4 is 32.6 Å². The molecule has 3 aromatic rings. The third-order valence-electron chi connectivity index (χ3n) is 5.51. The molecule has 2 heterocycles. The normalized spacial score (nSPS) is 17.7. The molecule has 0 amide bonds. The van der Waals surface area contributed by atoms with Gasteiger partial charge in [0.15, 0.2) is 0 Å². The summed E-state index contributed by atoms with van der Waals surface area (Å²) in [7, 11) is 0.549. The van der Waals surface area contributed by atoms with E-state index in [-0.39, 0.29) is 4.90 Å². The smallest absolute Gasteiger partial charge is 0.238 e. The van der Waals surface area contributed by atoms with Crippen molar-refractivity contribution in [2.45, 2.75) is 23.9 Å². The van der Waals surface area contributed by atoms with Crippen molar-refractivity contribution < 1.29 is 8.42 Å². The van der Waals surface area contributed by atoms with Crippen LogP contribution in [-0.4, -0.2) is 61.4 Å². The Morgan fingerprint density at radius 1 is 1.20 bits per heavy atom. The van der Waals surface area contributed by atoms with E-state index in [1.807, 2.05) is 12.1 Å². The van der Waals surface area contributed by atoms with Crippen LogP contribution in [0.1, 0.15) is 12.0 Å². The van der Waals surface area contributed by atoms with Gasteiger partial charge < -0.3 is 10.2 Å². The number of hydrogen-bond acceptors (Lipinski definition) is 7. The maximum atomic E-state index is 11.4. The number of fused-ring (bicyclic) bond motifs is 1. The van der Waals surface area contributed by atoms with Gasteiger partial charge in [0.1, 0.15) is 0 Å². The quantitative estimate of drug-likeness (QED) is 0.622. The van der Waals surface area contributed by atoms with E-state index >= 15 is 0 Å². The molecule has 0 spiro atoms. The molecule has 1 fully saturated rings. The number of anilines is 2. The van der Waals surface area contributed by atoms with Gasteiger partial charge in [0.2, 0.25) is 16.0 Å². The molecule has 1 aliphatic rings. The van der Waals surface area contributed by atoms with Gasteiger partial charge in [0.05, 0.1) is 10.4 Å². The topological polar surface area (TPSA) is 104 Å². The van der Waals surface area contributed by atoms with Crippen LogP contribution in [-0.2, 0) is 16.6 Å². The van der Waals surface area contributed by atoms with E-state index in [0.717, 1.165) is 30.5 Å². The van der Waals surface area contributed by atoms with Crippen molar-refractivity contribution in [2.75, 3.05) is 32.5 Å². The first-order chi connectivity index (χ1) is 14.3. The molecule has 4 rings (SSSR count).